The third kappa shape index (κ3) is 5.74. The maximum atomic E-state index is 12.1. The summed E-state index contributed by atoms with van der Waals surface area (Å²) in [5.41, 5.74) is 6.85. The van der Waals surface area contributed by atoms with Crippen molar-refractivity contribution in [2.75, 3.05) is 6.54 Å². The Hall–Kier alpha value is -0.870. The van der Waals surface area contributed by atoms with Crippen LogP contribution in [0.3, 0.4) is 0 Å². The van der Waals surface area contributed by atoms with Gasteiger partial charge < -0.3 is 11.1 Å². The molecule has 0 fully saturated rings. The van der Waals surface area contributed by atoms with Gasteiger partial charge in [-0.25, -0.2) is 0 Å². The molecule has 1 amide bonds. The van der Waals surface area contributed by atoms with Crippen molar-refractivity contribution in [2.45, 2.75) is 39.2 Å². The summed E-state index contributed by atoms with van der Waals surface area (Å²) in [5.74, 6) is 0.144. The molecule has 0 heterocycles. The van der Waals surface area contributed by atoms with Gasteiger partial charge in [-0.15, -0.1) is 0 Å². The largest absolute Gasteiger partial charge is 0.356 e. The van der Waals surface area contributed by atoms with Crippen molar-refractivity contribution in [1.29, 1.82) is 0 Å². The van der Waals surface area contributed by atoms with Gasteiger partial charge >= 0.3 is 0 Å². The number of nitrogens with one attached hydrogen (secondary N) is 1. The zero-order chi connectivity index (χ0) is 14.3. The Kier molecular flexibility index (Phi) is 7.10. The average molecular weight is 327 g/mol. The lowest BCUT2D eigenvalue weighted by molar-refractivity contribution is -0.125. The Labute approximate surface area is 124 Å². The van der Waals surface area contributed by atoms with Crippen LogP contribution in [0.2, 0.25) is 0 Å². The average Bonchev–Trinajstić information content (AvgIpc) is 2.37. The number of rotatable bonds is 7. The van der Waals surface area contributed by atoms with E-state index in [0.717, 1.165) is 23.7 Å². The van der Waals surface area contributed by atoms with E-state index in [0.29, 0.717) is 6.54 Å². The van der Waals surface area contributed by atoms with Crippen LogP contribution in [0.25, 0.3) is 0 Å². The SMILES string of the molecule is CCC(Cc1ccccc1Br)C(=O)NCCC(C)N. The molecule has 2 unspecified atom stereocenters. The molecule has 0 saturated carbocycles. The number of hydrogen-bond acceptors (Lipinski definition) is 2. The molecule has 0 aromatic heterocycles. The zero-order valence-corrected chi connectivity index (χ0v) is 13.2. The number of carbonyl (C=O) groups is 1. The molecule has 1 aromatic carbocycles. The highest BCUT2D eigenvalue weighted by Gasteiger charge is 2.17. The van der Waals surface area contributed by atoms with E-state index >= 15 is 0 Å². The summed E-state index contributed by atoms with van der Waals surface area (Å²) in [4.78, 5) is 12.1. The molecule has 0 bridgehead atoms. The van der Waals surface area contributed by atoms with Gasteiger partial charge in [-0.05, 0) is 37.8 Å². The first-order valence-corrected chi connectivity index (χ1v) is 7.60. The highest BCUT2D eigenvalue weighted by Crippen LogP contribution is 2.21. The molecule has 1 aromatic rings. The van der Waals surface area contributed by atoms with E-state index in [2.05, 4.69) is 27.3 Å². The van der Waals surface area contributed by atoms with Gasteiger partial charge in [0.1, 0.15) is 0 Å². The van der Waals surface area contributed by atoms with Crippen LogP contribution < -0.4 is 11.1 Å². The second kappa shape index (κ2) is 8.33. The first-order valence-electron chi connectivity index (χ1n) is 6.81. The predicted octanol–water partition coefficient (Wildman–Crippen LogP) is 2.87. The molecule has 0 saturated heterocycles. The molecular formula is C15H23BrN2O. The fourth-order valence-electron chi connectivity index (χ4n) is 1.92. The van der Waals surface area contributed by atoms with Gasteiger partial charge in [0.15, 0.2) is 0 Å². The molecule has 0 radical (unpaired) electrons. The van der Waals surface area contributed by atoms with Gasteiger partial charge in [0.25, 0.3) is 0 Å². The molecule has 0 aliphatic heterocycles. The number of benzene rings is 1. The van der Waals surface area contributed by atoms with Gasteiger partial charge in [0, 0.05) is 23.0 Å². The van der Waals surface area contributed by atoms with E-state index in [1.165, 1.54) is 5.56 Å². The van der Waals surface area contributed by atoms with Crippen molar-refractivity contribution in [3.8, 4) is 0 Å². The van der Waals surface area contributed by atoms with Crippen LogP contribution in [0.1, 0.15) is 32.3 Å². The van der Waals surface area contributed by atoms with Gasteiger partial charge in [-0.3, -0.25) is 4.79 Å². The maximum Gasteiger partial charge on any atom is 0.223 e. The van der Waals surface area contributed by atoms with E-state index in [-0.39, 0.29) is 17.9 Å². The molecule has 106 valence electrons. The van der Waals surface area contributed by atoms with E-state index in [4.69, 9.17) is 5.73 Å². The summed E-state index contributed by atoms with van der Waals surface area (Å²) in [7, 11) is 0. The molecule has 4 heteroatoms. The van der Waals surface area contributed by atoms with Crippen LogP contribution in [0, 0.1) is 5.92 Å². The van der Waals surface area contributed by atoms with Gasteiger partial charge in [0.2, 0.25) is 5.91 Å². The topological polar surface area (TPSA) is 55.1 Å². The maximum absolute atomic E-state index is 12.1. The van der Waals surface area contributed by atoms with E-state index in [9.17, 15) is 4.79 Å². The van der Waals surface area contributed by atoms with Crippen molar-refractivity contribution in [1.82, 2.24) is 5.32 Å². The van der Waals surface area contributed by atoms with Crippen LogP contribution in [0.5, 0.6) is 0 Å². The van der Waals surface area contributed by atoms with Crippen molar-refractivity contribution in [3.63, 3.8) is 0 Å². The Balaban J connectivity index is 2.53. The number of halogens is 1. The monoisotopic (exact) mass is 326 g/mol. The minimum absolute atomic E-state index is 0.0202. The number of carbonyl (C=O) groups excluding carboxylic acids is 1. The van der Waals surface area contributed by atoms with Crippen molar-refractivity contribution >= 4 is 21.8 Å². The molecule has 1 rings (SSSR count). The summed E-state index contributed by atoms with van der Waals surface area (Å²) in [6.07, 6.45) is 2.42. The minimum atomic E-state index is 0.0202. The summed E-state index contributed by atoms with van der Waals surface area (Å²) in [6, 6.07) is 8.18. The highest BCUT2D eigenvalue weighted by molar-refractivity contribution is 9.10. The quantitative estimate of drug-likeness (QED) is 0.809. The second-order valence-electron chi connectivity index (χ2n) is 4.96. The fourth-order valence-corrected chi connectivity index (χ4v) is 2.37. The molecule has 3 nitrogen and oxygen atoms in total. The molecular weight excluding hydrogens is 304 g/mol. The molecule has 0 aliphatic carbocycles. The Morgan fingerprint density at radius 1 is 1.42 bits per heavy atom. The molecule has 2 atom stereocenters. The van der Waals surface area contributed by atoms with E-state index < -0.39 is 0 Å². The van der Waals surface area contributed by atoms with Crippen LogP contribution in [0.4, 0.5) is 0 Å². The predicted molar refractivity (Wildman–Crippen MR) is 82.9 cm³/mol. The normalized spacial score (nSPS) is 13.9. The first kappa shape index (κ1) is 16.2. The lowest BCUT2D eigenvalue weighted by atomic mass is 9.96. The summed E-state index contributed by atoms with van der Waals surface area (Å²) >= 11 is 3.53. The number of amides is 1. The fraction of sp³-hybridized carbons (Fsp3) is 0.533. The van der Waals surface area contributed by atoms with Gasteiger partial charge in [-0.2, -0.15) is 0 Å². The molecule has 19 heavy (non-hydrogen) atoms. The van der Waals surface area contributed by atoms with E-state index in [1.54, 1.807) is 0 Å². The van der Waals surface area contributed by atoms with Crippen LogP contribution in [0.15, 0.2) is 28.7 Å². The van der Waals surface area contributed by atoms with Gasteiger partial charge in [-0.1, -0.05) is 41.1 Å². The van der Waals surface area contributed by atoms with E-state index in [1.807, 2.05) is 32.0 Å². The lowest BCUT2D eigenvalue weighted by Gasteiger charge is -2.16. The summed E-state index contributed by atoms with van der Waals surface area (Å²) < 4.78 is 1.07. The van der Waals surface area contributed by atoms with Crippen molar-refractivity contribution in [3.05, 3.63) is 34.3 Å². The molecule has 3 N–H and O–H groups in total. The van der Waals surface area contributed by atoms with Gasteiger partial charge in [0.05, 0.1) is 0 Å². The number of hydrogen-bond donors (Lipinski definition) is 2. The Morgan fingerprint density at radius 3 is 2.68 bits per heavy atom. The molecule has 0 aliphatic rings. The smallest absolute Gasteiger partial charge is 0.223 e. The third-order valence-electron chi connectivity index (χ3n) is 3.19. The summed E-state index contributed by atoms with van der Waals surface area (Å²) in [6.45, 7) is 4.65. The van der Waals surface area contributed by atoms with Crippen molar-refractivity contribution in [2.24, 2.45) is 11.7 Å². The molecule has 0 spiro atoms. The number of nitrogens with two attached hydrogens (primary N) is 1. The minimum Gasteiger partial charge on any atom is -0.356 e. The Morgan fingerprint density at radius 2 is 2.11 bits per heavy atom. The lowest BCUT2D eigenvalue weighted by Crippen LogP contribution is -2.34. The summed E-state index contributed by atoms with van der Waals surface area (Å²) in [5, 5.41) is 2.97. The van der Waals surface area contributed by atoms with Crippen LogP contribution >= 0.6 is 15.9 Å². The Bertz CT molecular complexity index is 407. The highest BCUT2D eigenvalue weighted by atomic mass is 79.9. The van der Waals surface area contributed by atoms with Crippen LogP contribution in [-0.2, 0) is 11.2 Å². The van der Waals surface area contributed by atoms with Crippen LogP contribution in [-0.4, -0.2) is 18.5 Å². The zero-order valence-electron chi connectivity index (χ0n) is 11.7. The van der Waals surface area contributed by atoms with Crippen molar-refractivity contribution < 1.29 is 4.79 Å². The third-order valence-corrected chi connectivity index (χ3v) is 3.96. The standard InChI is InChI=1S/C15H23BrN2O/c1-3-12(15(19)18-9-8-11(2)17)10-13-6-4-5-7-14(13)16/h4-7,11-12H,3,8-10,17H2,1-2H3,(H,18,19). The second-order valence-corrected chi connectivity index (χ2v) is 5.81. The first-order chi connectivity index (χ1) is 9.04.